The minimum atomic E-state index is -0.753. The molecule has 2 amide bonds. The highest BCUT2D eigenvalue weighted by Crippen LogP contribution is 2.18. The third-order valence-electron chi connectivity index (χ3n) is 3.37. The molecule has 3 aromatic rings. The summed E-state index contributed by atoms with van der Waals surface area (Å²) in [6, 6.07) is 16.8. The van der Waals surface area contributed by atoms with Gasteiger partial charge in [0.2, 0.25) is 0 Å². The van der Waals surface area contributed by atoms with Gasteiger partial charge >= 0.3 is 11.8 Å². The summed E-state index contributed by atoms with van der Waals surface area (Å²) in [5.74, 6) is -1.14. The van der Waals surface area contributed by atoms with Crippen LogP contribution in [0.25, 0.3) is 10.8 Å². The van der Waals surface area contributed by atoms with Crippen molar-refractivity contribution in [3.63, 3.8) is 0 Å². The minimum absolute atomic E-state index is 0.351. The lowest BCUT2D eigenvalue weighted by Gasteiger charge is -2.07. The molecular formula is C18H15N3O2. The number of nitrogens with one attached hydrogen (secondary N) is 2. The predicted octanol–water partition coefficient (Wildman–Crippen LogP) is 3.12. The van der Waals surface area contributed by atoms with Gasteiger partial charge in [0.05, 0.1) is 0 Å². The topological polar surface area (TPSA) is 71.1 Å². The molecule has 0 fully saturated rings. The van der Waals surface area contributed by atoms with Crippen LogP contribution in [0.5, 0.6) is 0 Å². The third kappa shape index (κ3) is 3.52. The maximum Gasteiger partial charge on any atom is 0.315 e. The van der Waals surface area contributed by atoms with Crippen LogP contribution < -0.4 is 10.6 Å². The van der Waals surface area contributed by atoms with Gasteiger partial charge in [-0.1, -0.05) is 30.3 Å². The first-order valence-electron chi connectivity index (χ1n) is 7.15. The fourth-order valence-electron chi connectivity index (χ4n) is 2.23. The molecule has 0 bridgehead atoms. The number of anilines is 2. The largest absolute Gasteiger partial charge is 0.318 e. The van der Waals surface area contributed by atoms with Crippen molar-refractivity contribution in [1.29, 1.82) is 0 Å². The van der Waals surface area contributed by atoms with E-state index in [4.69, 9.17) is 0 Å². The smallest absolute Gasteiger partial charge is 0.315 e. The second kappa shape index (κ2) is 6.27. The molecule has 0 saturated carbocycles. The maximum atomic E-state index is 12.0. The molecule has 1 aromatic heterocycles. The van der Waals surface area contributed by atoms with Crippen LogP contribution in [0.3, 0.4) is 0 Å². The summed E-state index contributed by atoms with van der Waals surface area (Å²) in [6.45, 7) is 1.88. The number of aryl methyl sites for hydroxylation is 1. The molecule has 0 aliphatic heterocycles. The van der Waals surface area contributed by atoms with Crippen molar-refractivity contribution in [2.24, 2.45) is 0 Å². The standard InChI is InChI=1S/C18H15N3O2/c1-12-8-9-19-16(10-12)21-18(23)17(22)20-15-7-6-13-4-2-3-5-14(13)11-15/h2-11H,1H3,(H,20,22)(H,19,21,23). The zero-order valence-electron chi connectivity index (χ0n) is 12.5. The average molecular weight is 305 g/mol. The summed E-state index contributed by atoms with van der Waals surface area (Å²) < 4.78 is 0. The van der Waals surface area contributed by atoms with Crippen molar-refractivity contribution in [2.75, 3.05) is 10.6 Å². The highest BCUT2D eigenvalue weighted by molar-refractivity contribution is 6.43. The number of carbonyl (C=O) groups is 2. The predicted molar refractivity (Wildman–Crippen MR) is 90.2 cm³/mol. The number of fused-ring (bicyclic) bond motifs is 1. The van der Waals surface area contributed by atoms with Crippen LogP contribution in [0.1, 0.15) is 5.56 Å². The van der Waals surface area contributed by atoms with Crippen LogP contribution in [-0.4, -0.2) is 16.8 Å². The SMILES string of the molecule is Cc1ccnc(NC(=O)C(=O)Nc2ccc3ccccc3c2)c1. The zero-order chi connectivity index (χ0) is 16.2. The Morgan fingerprint density at radius 3 is 2.39 bits per heavy atom. The van der Waals surface area contributed by atoms with E-state index in [1.807, 2.05) is 49.4 Å². The van der Waals surface area contributed by atoms with E-state index in [1.165, 1.54) is 0 Å². The van der Waals surface area contributed by atoms with E-state index in [0.29, 0.717) is 11.5 Å². The van der Waals surface area contributed by atoms with Gasteiger partial charge in [0.15, 0.2) is 0 Å². The van der Waals surface area contributed by atoms with Gasteiger partial charge in [-0.2, -0.15) is 0 Å². The van der Waals surface area contributed by atoms with Crippen LogP contribution >= 0.6 is 0 Å². The molecule has 0 saturated heterocycles. The van der Waals surface area contributed by atoms with E-state index < -0.39 is 11.8 Å². The first-order chi connectivity index (χ1) is 11.1. The van der Waals surface area contributed by atoms with Gasteiger partial charge in [-0.15, -0.1) is 0 Å². The van der Waals surface area contributed by atoms with Gasteiger partial charge in [0.1, 0.15) is 5.82 Å². The quantitative estimate of drug-likeness (QED) is 0.715. The van der Waals surface area contributed by atoms with E-state index >= 15 is 0 Å². The second-order valence-electron chi connectivity index (χ2n) is 5.19. The van der Waals surface area contributed by atoms with Gasteiger partial charge in [-0.3, -0.25) is 9.59 Å². The van der Waals surface area contributed by atoms with Crippen LogP contribution in [0.15, 0.2) is 60.8 Å². The zero-order valence-corrected chi connectivity index (χ0v) is 12.5. The van der Waals surface area contributed by atoms with Gasteiger partial charge < -0.3 is 10.6 Å². The molecule has 23 heavy (non-hydrogen) atoms. The Bertz CT molecular complexity index is 890. The van der Waals surface area contributed by atoms with Crippen LogP contribution in [0.2, 0.25) is 0 Å². The van der Waals surface area contributed by atoms with E-state index in [9.17, 15) is 9.59 Å². The molecule has 3 rings (SSSR count). The van der Waals surface area contributed by atoms with Gasteiger partial charge in [0.25, 0.3) is 0 Å². The first kappa shape index (κ1) is 14.7. The van der Waals surface area contributed by atoms with E-state index in [-0.39, 0.29) is 0 Å². The molecule has 0 radical (unpaired) electrons. The minimum Gasteiger partial charge on any atom is -0.318 e. The number of pyridine rings is 1. The molecule has 0 aliphatic carbocycles. The fraction of sp³-hybridized carbons (Fsp3) is 0.0556. The lowest BCUT2D eigenvalue weighted by Crippen LogP contribution is -2.29. The number of carbonyl (C=O) groups excluding carboxylic acids is 2. The molecule has 0 atom stereocenters. The molecule has 0 spiro atoms. The van der Waals surface area contributed by atoms with Crippen molar-refractivity contribution in [3.8, 4) is 0 Å². The van der Waals surface area contributed by atoms with Gasteiger partial charge in [-0.05, 0) is 47.5 Å². The van der Waals surface area contributed by atoms with Crippen molar-refractivity contribution in [2.45, 2.75) is 6.92 Å². The van der Waals surface area contributed by atoms with Gasteiger partial charge in [0, 0.05) is 11.9 Å². The van der Waals surface area contributed by atoms with Gasteiger partial charge in [-0.25, -0.2) is 4.98 Å². The van der Waals surface area contributed by atoms with Crippen LogP contribution in [0, 0.1) is 6.92 Å². The number of aromatic nitrogens is 1. The molecule has 114 valence electrons. The Hall–Kier alpha value is -3.21. The van der Waals surface area contributed by atoms with Crippen LogP contribution in [-0.2, 0) is 9.59 Å². The van der Waals surface area contributed by atoms with Crippen molar-refractivity contribution in [1.82, 2.24) is 4.98 Å². The maximum absolute atomic E-state index is 12.0. The van der Waals surface area contributed by atoms with Crippen molar-refractivity contribution in [3.05, 3.63) is 66.4 Å². The molecule has 1 heterocycles. The highest BCUT2D eigenvalue weighted by atomic mass is 16.2. The molecule has 5 heteroatoms. The molecule has 2 N–H and O–H groups in total. The summed E-state index contributed by atoms with van der Waals surface area (Å²) in [5, 5.41) is 7.13. The summed E-state index contributed by atoms with van der Waals surface area (Å²) in [4.78, 5) is 27.9. The Kier molecular flexibility index (Phi) is 4.01. The number of hydrogen-bond acceptors (Lipinski definition) is 3. The molecule has 0 aliphatic rings. The average Bonchev–Trinajstić information content (AvgIpc) is 2.54. The van der Waals surface area contributed by atoms with Crippen molar-refractivity contribution >= 4 is 34.1 Å². The summed E-state index contributed by atoms with van der Waals surface area (Å²) in [5.41, 5.74) is 1.52. The third-order valence-corrected chi connectivity index (χ3v) is 3.37. The Labute approximate surface area is 133 Å². The summed E-state index contributed by atoms with van der Waals surface area (Å²) in [6.07, 6.45) is 1.58. The fourth-order valence-corrected chi connectivity index (χ4v) is 2.23. The monoisotopic (exact) mass is 305 g/mol. The van der Waals surface area contributed by atoms with Crippen molar-refractivity contribution < 1.29 is 9.59 Å². The number of benzene rings is 2. The molecule has 0 unspecified atom stereocenters. The first-order valence-corrected chi connectivity index (χ1v) is 7.15. The van der Waals surface area contributed by atoms with Crippen LogP contribution in [0.4, 0.5) is 11.5 Å². The lowest BCUT2D eigenvalue weighted by molar-refractivity contribution is -0.133. The van der Waals surface area contributed by atoms with E-state index in [1.54, 1.807) is 18.3 Å². The number of nitrogens with zero attached hydrogens (tertiary/aromatic N) is 1. The lowest BCUT2D eigenvalue weighted by atomic mass is 10.1. The normalized spacial score (nSPS) is 10.3. The Morgan fingerprint density at radius 2 is 1.61 bits per heavy atom. The second-order valence-corrected chi connectivity index (χ2v) is 5.19. The summed E-state index contributed by atoms with van der Waals surface area (Å²) in [7, 11) is 0. The molecular weight excluding hydrogens is 290 g/mol. The molecule has 5 nitrogen and oxygen atoms in total. The van der Waals surface area contributed by atoms with E-state index in [0.717, 1.165) is 16.3 Å². The van der Waals surface area contributed by atoms with E-state index in [2.05, 4.69) is 15.6 Å². The Balaban J connectivity index is 1.71. The summed E-state index contributed by atoms with van der Waals surface area (Å²) >= 11 is 0. The Morgan fingerprint density at radius 1 is 0.870 bits per heavy atom. The molecule has 2 aromatic carbocycles. The number of amides is 2. The number of rotatable bonds is 2. The highest BCUT2D eigenvalue weighted by Gasteiger charge is 2.14. The number of hydrogen-bond donors (Lipinski definition) is 2.